The van der Waals surface area contributed by atoms with Crippen LogP contribution in [0.15, 0.2) is 41.3 Å². The van der Waals surface area contributed by atoms with Crippen molar-refractivity contribution in [1.82, 2.24) is 4.31 Å². The van der Waals surface area contributed by atoms with E-state index in [1.807, 2.05) is 6.92 Å². The Labute approximate surface area is 197 Å². The molecule has 6 nitrogen and oxygen atoms in total. The summed E-state index contributed by atoms with van der Waals surface area (Å²) in [6.45, 7) is 2.58. The molecule has 2 aliphatic heterocycles. The quantitative estimate of drug-likeness (QED) is 0.606. The number of sulfonamides is 1. The van der Waals surface area contributed by atoms with E-state index in [1.165, 1.54) is 40.6 Å². The van der Waals surface area contributed by atoms with E-state index in [0.717, 1.165) is 31.4 Å². The summed E-state index contributed by atoms with van der Waals surface area (Å²) < 4.78 is 73.1. The minimum absolute atomic E-state index is 0.0840. The summed E-state index contributed by atoms with van der Waals surface area (Å²) in [5.41, 5.74) is 0.234. The molecule has 0 radical (unpaired) electrons. The number of piperidine rings is 1. The highest BCUT2D eigenvalue weighted by Gasteiger charge is 2.35. The fraction of sp³-hybridized carbons (Fsp3) is 0.458. The average Bonchev–Trinajstić information content (AvgIpc) is 2.82. The summed E-state index contributed by atoms with van der Waals surface area (Å²) in [6, 6.07) is 7.44. The molecular weight excluding hydrogens is 469 g/mol. The highest BCUT2D eigenvalue weighted by atomic mass is 32.2. The standard InChI is InChI=1S/C24H27F3N2O4S/c1-16-6-3-4-13-29(16)34(31,32)22-15-18(8-11-21(22)33-2)23(30)28-12-5-7-17-14-19(24(25,26)27)9-10-20(17)28/h8-11,14-16H,3-7,12-13H2,1-2H3. The van der Waals surface area contributed by atoms with Crippen LogP contribution < -0.4 is 9.64 Å². The molecule has 1 saturated heterocycles. The van der Waals surface area contributed by atoms with Crippen LogP contribution in [0.2, 0.25) is 0 Å². The van der Waals surface area contributed by atoms with Crippen LogP contribution in [-0.4, -0.2) is 44.9 Å². The molecule has 1 fully saturated rings. The summed E-state index contributed by atoms with van der Waals surface area (Å²) in [7, 11) is -2.54. The second-order valence-electron chi connectivity index (χ2n) is 8.73. The molecule has 0 saturated carbocycles. The number of aryl methyl sites for hydroxylation is 1. The largest absolute Gasteiger partial charge is 0.495 e. The van der Waals surface area contributed by atoms with Crippen molar-refractivity contribution in [2.45, 2.75) is 56.1 Å². The summed E-state index contributed by atoms with van der Waals surface area (Å²) in [4.78, 5) is 14.8. The maximum atomic E-state index is 13.5. The SMILES string of the molecule is COc1ccc(C(=O)N2CCCc3cc(C(F)(F)F)ccc32)cc1S(=O)(=O)N1CCCCC1C. The minimum atomic E-state index is -4.47. The van der Waals surface area contributed by atoms with Crippen molar-refractivity contribution in [2.24, 2.45) is 0 Å². The number of carbonyl (C=O) groups is 1. The van der Waals surface area contributed by atoms with Crippen LogP contribution in [0.5, 0.6) is 5.75 Å². The Balaban J connectivity index is 1.71. The van der Waals surface area contributed by atoms with Gasteiger partial charge in [-0.25, -0.2) is 8.42 Å². The van der Waals surface area contributed by atoms with Crippen LogP contribution in [0.25, 0.3) is 0 Å². The highest BCUT2D eigenvalue weighted by Crippen LogP contribution is 2.37. The van der Waals surface area contributed by atoms with E-state index >= 15 is 0 Å². The predicted octanol–water partition coefficient (Wildman–Crippen LogP) is 4.87. The molecule has 1 atom stereocenters. The number of benzene rings is 2. The van der Waals surface area contributed by atoms with Crippen molar-refractivity contribution in [3.8, 4) is 5.75 Å². The van der Waals surface area contributed by atoms with Gasteiger partial charge in [-0.1, -0.05) is 6.42 Å². The van der Waals surface area contributed by atoms with Gasteiger partial charge in [-0.05, 0) is 74.6 Å². The Kier molecular flexibility index (Phi) is 6.65. The molecule has 0 aliphatic carbocycles. The first kappa shape index (κ1) is 24.5. The van der Waals surface area contributed by atoms with Gasteiger partial charge in [0.05, 0.1) is 12.7 Å². The number of alkyl halides is 3. The smallest absolute Gasteiger partial charge is 0.416 e. The zero-order valence-corrected chi connectivity index (χ0v) is 19.9. The molecule has 2 aromatic carbocycles. The number of anilines is 1. The van der Waals surface area contributed by atoms with Crippen molar-refractivity contribution in [1.29, 1.82) is 0 Å². The van der Waals surface area contributed by atoms with E-state index in [0.29, 0.717) is 37.2 Å². The maximum absolute atomic E-state index is 13.5. The number of carbonyl (C=O) groups excluding carboxylic acids is 1. The van der Waals surface area contributed by atoms with Crippen LogP contribution in [0, 0.1) is 0 Å². The summed E-state index contributed by atoms with van der Waals surface area (Å²) in [6.07, 6.45) is -1.07. The molecule has 184 valence electrons. The third-order valence-electron chi connectivity index (χ3n) is 6.51. The molecule has 1 amide bonds. The Morgan fingerprint density at radius 3 is 2.50 bits per heavy atom. The van der Waals surface area contributed by atoms with Crippen LogP contribution in [0.1, 0.15) is 54.1 Å². The van der Waals surface area contributed by atoms with Gasteiger partial charge in [0.1, 0.15) is 10.6 Å². The van der Waals surface area contributed by atoms with E-state index in [9.17, 15) is 26.4 Å². The fourth-order valence-electron chi connectivity index (χ4n) is 4.71. The van der Waals surface area contributed by atoms with Crippen molar-refractivity contribution in [2.75, 3.05) is 25.1 Å². The van der Waals surface area contributed by atoms with Gasteiger partial charge in [0.2, 0.25) is 10.0 Å². The third kappa shape index (κ3) is 4.53. The van der Waals surface area contributed by atoms with E-state index < -0.39 is 27.7 Å². The Morgan fingerprint density at radius 1 is 1.06 bits per heavy atom. The first-order chi connectivity index (χ1) is 16.0. The predicted molar refractivity (Wildman–Crippen MR) is 122 cm³/mol. The van der Waals surface area contributed by atoms with Gasteiger partial charge < -0.3 is 9.64 Å². The minimum Gasteiger partial charge on any atom is -0.495 e. The molecule has 1 unspecified atom stereocenters. The lowest BCUT2D eigenvalue weighted by Gasteiger charge is -2.33. The van der Waals surface area contributed by atoms with E-state index in [4.69, 9.17) is 4.74 Å². The van der Waals surface area contributed by atoms with Gasteiger partial charge in [-0.3, -0.25) is 4.79 Å². The van der Waals surface area contributed by atoms with Gasteiger partial charge in [-0.15, -0.1) is 0 Å². The van der Waals surface area contributed by atoms with Gasteiger partial charge in [-0.2, -0.15) is 17.5 Å². The number of rotatable bonds is 4. The monoisotopic (exact) mass is 496 g/mol. The number of ether oxygens (including phenoxy) is 1. The Morgan fingerprint density at radius 2 is 1.82 bits per heavy atom. The first-order valence-electron chi connectivity index (χ1n) is 11.3. The van der Waals surface area contributed by atoms with E-state index in [-0.39, 0.29) is 22.3 Å². The van der Waals surface area contributed by atoms with Crippen molar-refractivity contribution < 1.29 is 31.1 Å². The summed E-state index contributed by atoms with van der Waals surface area (Å²) >= 11 is 0. The molecule has 0 bridgehead atoms. The third-order valence-corrected chi connectivity index (χ3v) is 8.54. The lowest BCUT2D eigenvalue weighted by molar-refractivity contribution is -0.137. The van der Waals surface area contributed by atoms with Crippen molar-refractivity contribution in [3.05, 3.63) is 53.1 Å². The lowest BCUT2D eigenvalue weighted by atomic mass is 9.98. The number of amides is 1. The Bertz CT molecular complexity index is 1200. The normalized spacial score (nSPS) is 19.6. The topological polar surface area (TPSA) is 66.9 Å². The van der Waals surface area contributed by atoms with E-state index in [1.54, 1.807) is 0 Å². The second kappa shape index (κ2) is 9.22. The van der Waals surface area contributed by atoms with Crippen LogP contribution >= 0.6 is 0 Å². The second-order valence-corrected chi connectivity index (χ2v) is 10.6. The van der Waals surface area contributed by atoms with E-state index in [2.05, 4.69) is 0 Å². The van der Waals surface area contributed by atoms with Gasteiger partial charge in [0, 0.05) is 30.4 Å². The molecule has 2 heterocycles. The zero-order chi connectivity index (χ0) is 24.7. The molecule has 10 heteroatoms. The molecular formula is C24H27F3N2O4S. The van der Waals surface area contributed by atoms with Gasteiger partial charge in [0.25, 0.3) is 5.91 Å². The van der Waals surface area contributed by atoms with Gasteiger partial charge in [0.15, 0.2) is 0 Å². The lowest BCUT2D eigenvalue weighted by Crippen LogP contribution is -2.42. The molecule has 2 aromatic rings. The molecule has 0 N–H and O–H groups in total. The number of fused-ring (bicyclic) bond motifs is 1. The zero-order valence-electron chi connectivity index (χ0n) is 19.1. The number of hydrogen-bond acceptors (Lipinski definition) is 4. The first-order valence-corrected chi connectivity index (χ1v) is 12.7. The number of nitrogens with zero attached hydrogens (tertiary/aromatic N) is 2. The van der Waals surface area contributed by atoms with Crippen molar-refractivity contribution >= 4 is 21.6 Å². The summed E-state index contributed by atoms with van der Waals surface area (Å²) in [5.74, 6) is -0.324. The summed E-state index contributed by atoms with van der Waals surface area (Å²) in [5, 5.41) is 0. The number of halogens is 3. The Hall–Kier alpha value is -2.59. The average molecular weight is 497 g/mol. The van der Waals surface area contributed by atoms with Crippen LogP contribution in [0.4, 0.5) is 18.9 Å². The van der Waals surface area contributed by atoms with Crippen molar-refractivity contribution in [3.63, 3.8) is 0 Å². The molecule has 0 spiro atoms. The fourth-order valence-corrected chi connectivity index (χ4v) is 6.59. The van der Waals surface area contributed by atoms with Crippen LogP contribution in [0.3, 0.4) is 0 Å². The van der Waals surface area contributed by atoms with Crippen LogP contribution in [-0.2, 0) is 22.6 Å². The molecule has 2 aliphatic rings. The number of methoxy groups -OCH3 is 1. The number of hydrogen-bond donors (Lipinski definition) is 0. The van der Waals surface area contributed by atoms with Gasteiger partial charge >= 0.3 is 6.18 Å². The highest BCUT2D eigenvalue weighted by molar-refractivity contribution is 7.89. The maximum Gasteiger partial charge on any atom is 0.416 e. The molecule has 0 aromatic heterocycles. The molecule has 34 heavy (non-hydrogen) atoms. The molecule has 4 rings (SSSR count).